The zero-order valence-corrected chi connectivity index (χ0v) is 26.0. The number of carbonyl (C=O) groups excluding carboxylic acids is 3. The van der Waals surface area contributed by atoms with E-state index in [0.29, 0.717) is 45.3 Å². The Bertz CT molecular complexity index is 1200. The van der Waals surface area contributed by atoms with Crippen molar-refractivity contribution in [2.45, 2.75) is 108 Å². The van der Waals surface area contributed by atoms with E-state index >= 15 is 0 Å². The predicted octanol–water partition coefficient (Wildman–Crippen LogP) is 4.47. The largest absolute Gasteiger partial charge is 0.394 e. The van der Waals surface area contributed by atoms with Gasteiger partial charge in [0.2, 0.25) is 17.7 Å². The number of likely N-dealkylation sites (tertiary alicyclic amines) is 1. The molecule has 1 saturated carbocycles. The van der Waals surface area contributed by atoms with Gasteiger partial charge in [0.1, 0.15) is 11.6 Å². The summed E-state index contributed by atoms with van der Waals surface area (Å²) in [5, 5.41) is 10.5. The number of nitrogens with zero attached hydrogens (tertiary/aromatic N) is 3. The highest BCUT2D eigenvalue weighted by molar-refractivity contribution is 5.99. The van der Waals surface area contributed by atoms with Crippen molar-refractivity contribution in [1.82, 2.24) is 14.7 Å². The van der Waals surface area contributed by atoms with E-state index in [1.54, 1.807) is 22.0 Å². The Balaban J connectivity index is 1.58. The molecule has 43 heavy (non-hydrogen) atoms. The Kier molecular flexibility index (Phi) is 9.47. The smallest absolute Gasteiger partial charge is 0.248 e. The number of amides is 3. The van der Waals surface area contributed by atoms with Crippen molar-refractivity contribution >= 4 is 17.7 Å². The Labute approximate surface area is 256 Å². The molecule has 6 atom stereocenters. The number of hydrogen-bond acceptors (Lipinski definition) is 5. The molecule has 3 heterocycles. The summed E-state index contributed by atoms with van der Waals surface area (Å²) in [4.78, 5) is 49.4. The lowest BCUT2D eigenvalue weighted by atomic mass is 9.64. The second-order valence-electron chi connectivity index (χ2n) is 12.9. The number of carbonyl (C=O) groups is 3. The molecule has 4 fully saturated rings. The number of ether oxygens (including phenoxy) is 1. The molecule has 1 spiro atoms. The van der Waals surface area contributed by atoms with E-state index in [1.165, 1.54) is 0 Å². The van der Waals surface area contributed by atoms with E-state index in [9.17, 15) is 19.5 Å². The fraction of sp³-hybridized carbons (Fsp3) is 0.629. The van der Waals surface area contributed by atoms with Crippen LogP contribution in [-0.4, -0.2) is 86.6 Å². The van der Waals surface area contributed by atoms with Gasteiger partial charge in [0.05, 0.1) is 30.1 Å². The van der Waals surface area contributed by atoms with E-state index in [2.05, 4.69) is 13.2 Å². The molecule has 5 rings (SSSR count). The van der Waals surface area contributed by atoms with Gasteiger partial charge < -0.3 is 24.5 Å². The van der Waals surface area contributed by atoms with Crippen LogP contribution in [0.2, 0.25) is 0 Å². The molecular weight excluding hydrogens is 542 g/mol. The third kappa shape index (κ3) is 5.24. The fourth-order valence-electron chi connectivity index (χ4n) is 8.61. The van der Waals surface area contributed by atoms with Gasteiger partial charge in [0.25, 0.3) is 0 Å². The number of fused-ring (bicyclic) bond motifs is 1. The van der Waals surface area contributed by atoms with Crippen molar-refractivity contribution in [2.24, 2.45) is 11.8 Å². The first kappa shape index (κ1) is 31.5. The molecule has 4 aliphatic rings. The van der Waals surface area contributed by atoms with Crippen LogP contribution >= 0.6 is 0 Å². The van der Waals surface area contributed by atoms with Crippen LogP contribution in [0.4, 0.5) is 0 Å². The molecule has 0 aromatic heterocycles. The van der Waals surface area contributed by atoms with E-state index in [4.69, 9.17) is 4.74 Å². The zero-order valence-electron chi connectivity index (χ0n) is 26.0. The molecule has 1 aromatic carbocycles. The van der Waals surface area contributed by atoms with Crippen molar-refractivity contribution in [3.8, 4) is 0 Å². The number of aliphatic hydroxyl groups is 1. The molecular formula is C35H49N3O5. The van der Waals surface area contributed by atoms with Gasteiger partial charge in [-0.15, -0.1) is 13.2 Å². The SMILES string of the molecule is C=CCN(Cc1ccccc1)C(=O)[C@@H]1[C@H]2C(=O)N([C@@H](CC)CO)C(C(=O)N(CC=C)C3CCCCC3)C23CC[C@@]1(CC)O3. The van der Waals surface area contributed by atoms with Crippen molar-refractivity contribution in [3.05, 3.63) is 61.2 Å². The molecule has 2 unspecified atom stereocenters. The highest BCUT2D eigenvalue weighted by atomic mass is 16.5. The first-order valence-electron chi connectivity index (χ1n) is 16.3. The minimum absolute atomic E-state index is 0.0750. The van der Waals surface area contributed by atoms with Gasteiger partial charge in [0.15, 0.2) is 0 Å². The van der Waals surface area contributed by atoms with Crippen LogP contribution in [-0.2, 0) is 25.7 Å². The quantitative estimate of drug-likeness (QED) is 0.342. The van der Waals surface area contributed by atoms with Crippen LogP contribution in [0, 0.1) is 11.8 Å². The van der Waals surface area contributed by atoms with Crippen LogP contribution in [0.25, 0.3) is 0 Å². The molecule has 1 aromatic rings. The lowest BCUT2D eigenvalue weighted by molar-refractivity contribution is -0.159. The molecule has 1 aliphatic carbocycles. The summed E-state index contributed by atoms with van der Waals surface area (Å²) in [6, 6.07) is 8.46. The van der Waals surface area contributed by atoms with E-state index < -0.39 is 35.1 Å². The lowest BCUT2D eigenvalue weighted by Gasteiger charge is -2.42. The normalized spacial score (nSPS) is 30.6. The molecule has 8 heteroatoms. The Hall–Kier alpha value is -2.97. The summed E-state index contributed by atoms with van der Waals surface area (Å²) in [6.45, 7) is 12.7. The maximum Gasteiger partial charge on any atom is 0.248 e. The molecule has 8 nitrogen and oxygen atoms in total. The second kappa shape index (κ2) is 12.9. The standard InChI is InChI=1S/C35H49N3O5/c1-5-21-36(23-25-15-11-9-12-16-25)31(40)28-29-32(41)38(26(7-3)24-39)30(35(29)20-19-34(28,8-4)43-35)33(42)37(22-6-2)27-17-13-10-14-18-27/h5-6,9,11-12,15-16,26-30,39H,1-2,7-8,10,13-14,17-24H2,3-4H3/t26-,28-,29-,30?,34+,35?/m0/s1. The lowest BCUT2D eigenvalue weighted by Crippen LogP contribution is -2.60. The van der Waals surface area contributed by atoms with E-state index in [1.807, 2.05) is 49.1 Å². The average molecular weight is 592 g/mol. The molecule has 0 radical (unpaired) electrons. The molecule has 234 valence electrons. The molecule has 3 amide bonds. The van der Waals surface area contributed by atoms with Crippen molar-refractivity contribution in [1.29, 1.82) is 0 Å². The van der Waals surface area contributed by atoms with Crippen molar-refractivity contribution < 1.29 is 24.2 Å². The maximum atomic E-state index is 14.8. The van der Waals surface area contributed by atoms with Gasteiger partial charge in [-0.05, 0) is 44.1 Å². The third-order valence-electron chi connectivity index (χ3n) is 10.7. The summed E-state index contributed by atoms with van der Waals surface area (Å²) in [5.41, 5.74) is -0.950. The Morgan fingerprint density at radius 3 is 2.37 bits per heavy atom. The summed E-state index contributed by atoms with van der Waals surface area (Å²) in [7, 11) is 0. The molecule has 1 N–H and O–H groups in total. The maximum absolute atomic E-state index is 14.8. The fourth-order valence-corrected chi connectivity index (χ4v) is 8.61. The van der Waals surface area contributed by atoms with Crippen LogP contribution < -0.4 is 0 Å². The minimum Gasteiger partial charge on any atom is -0.394 e. The predicted molar refractivity (Wildman–Crippen MR) is 166 cm³/mol. The summed E-state index contributed by atoms with van der Waals surface area (Å²) in [5.74, 6) is -2.02. The van der Waals surface area contributed by atoms with Gasteiger partial charge >= 0.3 is 0 Å². The summed E-state index contributed by atoms with van der Waals surface area (Å²) in [6.07, 6.45) is 10.8. The molecule has 2 bridgehead atoms. The molecule has 3 saturated heterocycles. The Morgan fingerprint density at radius 2 is 1.77 bits per heavy atom. The second-order valence-corrected chi connectivity index (χ2v) is 12.9. The van der Waals surface area contributed by atoms with Crippen LogP contribution in [0.1, 0.15) is 77.2 Å². The van der Waals surface area contributed by atoms with Gasteiger partial charge in [-0.3, -0.25) is 14.4 Å². The van der Waals surface area contributed by atoms with Crippen LogP contribution in [0.15, 0.2) is 55.6 Å². The summed E-state index contributed by atoms with van der Waals surface area (Å²) >= 11 is 0. The van der Waals surface area contributed by atoms with Gasteiger partial charge in [0, 0.05) is 25.7 Å². The van der Waals surface area contributed by atoms with Crippen molar-refractivity contribution in [2.75, 3.05) is 19.7 Å². The van der Waals surface area contributed by atoms with E-state index in [0.717, 1.165) is 37.7 Å². The zero-order chi connectivity index (χ0) is 30.8. The number of hydrogen-bond donors (Lipinski definition) is 1. The highest BCUT2D eigenvalue weighted by Crippen LogP contribution is 2.65. The number of rotatable bonds is 13. The van der Waals surface area contributed by atoms with Gasteiger partial charge in [-0.25, -0.2) is 0 Å². The molecule has 3 aliphatic heterocycles. The number of aliphatic hydroxyl groups excluding tert-OH is 1. The Morgan fingerprint density at radius 1 is 1.07 bits per heavy atom. The average Bonchev–Trinajstić information content (AvgIpc) is 3.64. The first-order chi connectivity index (χ1) is 20.8. The van der Waals surface area contributed by atoms with Crippen molar-refractivity contribution in [3.63, 3.8) is 0 Å². The van der Waals surface area contributed by atoms with Crippen LogP contribution in [0.3, 0.4) is 0 Å². The van der Waals surface area contributed by atoms with Gasteiger partial charge in [-0.2, -0.15) is 0 Å². The third-order valence-corrected chi connectivity index (χ3v) is 10.7. The number of benzene rings is 1. The topological polar surface area (TPSA) is 90.4 Å². The van der Waals surface area contributed by atoms with Gasteiger partial charge in [-0.1, -0.05) is 75.6 Å². The first-order valence-corrected chi connectivity index (χ1v) is 16.3. The minimum atomic E-state index is -1.12. The van der Waals surface area contributed by atoms with E-state index in [-0.39, 0.29) is 30.4 Å². The highest BCUT2D eigenvalue weighted by Gasteiger charge is 2.79. The van der Waals surface area contributed by atoms with Crippen LogP contribution in [0.5, 0.6) is 0 Å². The summed E-state index contributed by atoms with van der Waals surface area (Å²) < 4.78 is 7.03. The monoisotopic (exact) mass is 591 g/mol.